The Morgan fingerprint density at radius 1 is 1.91 bits per heavy atom. The Bertz CT molecular complexity index is 280. The highest BCUT2D eigenvalue weighted by molar-refractivity contribution is 7.11. The Labute approximate surface area is 68.3 Å². The molecule has 58 valence electrons. The van der Waals surface area contributed by atoms with Gasteiger partial charge in [0.1, 0.15) is 5.69 Å². The molecule has 0 spiro atoms. The molecule has 0 amide bonds. The van der Waals surface area contributed by atoms with E-state index >= 15 is 0 Å². The van der Waals surface area contributed by atoms with Crippen LogP contribution >= 0.6 is 11.3 Å². The average molecular weight is 169 g/mol. The van der Waals surface area contributed by atoms with Gasteiger partial charge in [-0.15, -0.1) is 0 Å². The van der Waals surface area contributed by atoms with Gasteiger partial charge in [-0.3, -0.25) is 4.79 Å². The SMILES string of the molecule is C=CC(=O)c1csc(OC)n1. The van der Waals surface area contributed by atoms with Crippen LogP contribution in [0, 0.1) is 0 Å². The van der Waals surface area contributed by atoms with Gasteiger partial charge in [0, 0.05) is 5.38 Å². The van der Waals surface area contributed by atoms with Crippen LogP contribution in [0.4, 0.5) is 0 Å². The summed E-state index contributed by atoms with van der Waals surface area (Å²) in [6.07, 6.45) is 1.23. The number of nitrogens with zero attached hydrogens (tertiary/aromatic N) is 1. The van der Waals surface area contributed by atoms with E-state index in [-0.39, 0.29) is 5.78 Å². The molecular weight excluding hydrogens is 162 g/mol. The molecule has 0 aliphatic rings. The molecule has 1 rings (SSSR count). The second kappa shape index (κ2) is 3.30. The first-order chi connectivity index (χ1) is 5.27. The van der Waals surface area contributed by atoms with Crippen LogP contribution in [-0.2, 0) is 0 Å². The van der Waals surface area contributed by atoms with Gasteiger partial charge >= 0.3 is 0 Å². The van der Waals surface area contributed by atoms with E-state index in [4.69, 9.17) is 4.74 Å². The van der Waals surface area contributed by atoms with Gasteiger partial charge in [0.2, 0.25) is 5.78 Å². The molecule has 1 aromatic rings. The van der Waals surface area contributed by atoms with Gasteiger partial charge in [-0.1, -0.05) is 17.9 Å². The van der Waals surface area contributed by atoms with Crippen molar-refractivity contribution in [2.75, 3.05) is 7.11 Å². The molecule has 0 saturated heterocycles. The third-order valence-electron chi connectivity index (χ3n) is 1.10. The summed E-state index contributed by atoms with van der Waals surface area (Å²) >= 11 is 1.29. The molecule has 0 N–H and O–H groups in total. The first-order valence-electron chi connectivity index (χ1n) is 2.94. The van der Waals surface area contributed by atoms with Crippen molar-refractivity contribution in [1.29, 1.82) is 0 Å². The maximum atomic E-state index is 10.9. The Balaban J connectivity index is 2.88. The molecule has 0 unspecified atom stereocenters. The Morgan fingerprint density at radius 3 is 3.09 bits per heavy atom. The lowest BCUT2D eigenvalue weighted by Gasteiger charge is -1.87. The van der Waals surface area contributed by atoms with Crippen LogP contribution in [0.25, 0.3) is 0 Å². The zero-order valence-corrected chi connectivity index (χ0v) is 6.85. The molecule has 0 fully saturated rings. The summed E-state index contributed by atoms with van der Waals surface area (Å²) in [5.74, 6) is -0.176. The fraction of sp³-hybridized carbons (Fsp3) is 0.143. The smallest absolute Gasteiger partial charge is 0.273 e. The number of methoxy groups -OCH3 is 1. The predicted octanol–water partition coefficient (Wildman–Crippen LogP) is 1.52. The minimum Gasteiger partial charge on any atom is -0.473 e. The molecule has 0 aliphatic carbocycles. The number of carbonyl (C=O) groups is 1. The van der Waals surface area contributed by atoms with Gasteiger partial charge in [-0.2, -0.15) is 4.98 Å². The van der Waals surface area contributed by atoms with Crippen molar-refractivity contribution < 1.29 is 9.53 Å². The average Bonchev–Trinajstić information content (AvgIpc) is 2.50. The third kappa shape index (κ3) is 1.65. The van der Waals surface area contributed by atoms with E-state index in [2.05, 4.69) is 11.6 Å². The fourth-order valence-corrected chi connectivity index (χ4v) is 1.20. The van der Waals surface area contributed by atoms with Crippen molar-refractivity contribution in [3.63, 3.8) is 0 Å². The minimum atomic E-state index is -0.176. The van der Waals surface area contributed by atoms with Gasteiger partial charge in [0.15, 0.2) is 0 Å². The number of hydrogen-bond donors (Lipinski definition) is 0. The second-order valence-corrected chi connectivity index (χ2v) is 2.59. The van der Waals surface area contributed by atoms with E-state index in [0.29, 0.717) is 10.9 Å². The van der Waals surface area contributed by atoms with Crippen molar-refractivity contribution in [2.45, 2.75) is 0 Å². The summed E-state index contributed by atoms with van der Waals surface area (Å²) in [6.45, 7) is 3.35. The summed E-state index contributed by atoms with van der Waals surface area (Å²) in [5.41, 5.74) is 0.391. The predicted molar refractivity (Wildman–Crippen MR) is 43.2 cm³/mol. The van der Waals surface area contributed by atoms with Crippen LogP contribution in [-0.4, -0.2) is 17.9 Å². The van der Waals surface area contributed by atoms with Crippen LogP contribution in [0.15, 0.2) is 18.0 Å². The first-order valence-corrected chi connectivity index (χ1v) is 3.82. The molecule has 0 saturated carbocycles. The molecule has 4 heteroatoms. The van der Waals surface area contributed by atoms with Crippen molar-refractivity contribution in [2.24, 2.45) is 0 Å². The number of hydrogen-bond acceptors (Lipinski definition) is 4. The molecule has 0 radical (unpaired) electrons. The Morgan fingerprint density at radius 2 is 2.64 bits per heavy atom. The van der Waals surface area contributed by atoms with Crippen LogP contribution < -0.4 is 4.74 Å². The number of ether oxygens (including phenoxy) is 1. The highest BCUT2D eigenvalue weighted by atomic mass is 32.1. The molecule has 0 aliphatic heterocycles. The summed E-state index contributed by atoms with van der Waals surface area (Å²) in [4.78, 5) is 14.8. The molecule has 0 bridgehead atoms. The fourth-order valence-electron chi connectivity index (χ4n) is 0.569. The van der Waals surface area contributed by atoms with Crippen LogP contribution in [0.5, 0.6) is 5.19 Å². The zero-order valence-electron chi connectivity index (χ0n) is 6.03. The van der Waals surface area contributed by atoms with Crippen molar-refractivity contribution in [1.82, 2.24) is 4.98 Å². The number of allylic oxidation sites excluding steroid dienone is 1. The van der Waals surface area contributed by atoms with Crippen LogP contribution in [0.1, 0.15) is 10.5 Å². The summed E-state index contributed by atoms with van der Waals surface area (Å²) in [7, 11) is 1.51. The molecule has 11 heavy (non-hydrogen) atoms. The number of carbonyl (C=O) groups excluding carboxylic acids is 1. The van der Waals surface area contributed by atoms with Gasteiger partial charge < -0.3 is 4.74 Å². The summed E-state index contributed by atoms with van der Waals surface area (Å²) < 4.78 is 4.81. The van der Waals surface area contributed by atoms with E-state index in [1.165, 1.54) is 24.5 Å². The monoisotopic (exact) mass is 169 g/mol. The highest BCUT2D eigenvalue weighted by Gasteiger charge is 2.06. The van der Waals surface area contributed by atoms with Gasteiger partial charge in [0.25, 0.3) is 5.19 Å². The maximum absolute atomic E-state index is 10.9. The number of thiazole rings is 1. The van der Waals surface area contributed by atoms with Gasteiger partial charge in [-0.05, 0) is 6.08 Å². The molecule has 0 aromatic carbocycles. The number of aromatic nitrogens is 1. The van der Waals surface area contributed by atoms with E-state index in [1.54, 1.807) is 5.38 Å². The number of ketones is 1. The van der Waals surface area contributed by atoms with Crippen LogP contribution in [0.2, 0.25) is 0 Å². The maximum Gasteiger partial charge on any atom is 0.273 e. The second-order valence-electron chi connectivity index (χ2n) is 1.77. The highest BCUT2D eigenvalue weighted by Crippen LogP contribution is 2.17. The van der Waals surface area contributed by atoms with E-state index in [1.807, 2.05) is 0 Å². The van der Waals surface area contributed by atoms with Gasteiger partial charge in [0.05, 0.1) is 7.11 Å². The largest absolute Gasteiger partial charge is 0.473 e. The van der Waals surface area contributed by atoms with E-state index in [0.717, 1.165) is 0 Å². The zero-order chi connectivity index (χ0) is 8.27. The van der Waals surface area contributed by atoms with E-state index in [9.17, 15) is 4.79 Å². The standard InChI is InChI=1S/C7H7NO2S/c1-3-6(9)5-4-11-7(8-5)10-2/h3-4H,1H2,2H3. The molecular formula is C7H7NO2S. The summed E-state index contributed by atoms with van der Waals surface area (Å²) in [6, 6.07) is 0. The van der Waals surface area contributed by atoms with Gasteiger partial charge in [-0.25, -0.2) is 0 Å². The third-order valence-corrected chi connectivity index (χ3v) is 1.90. The van der Waals surface area contributed by atoms with Crippen molar-refractivity contribution >= 4 is 17.1 Å². The normalized spacial score (nSPS) is 9.18. The lowest BCUT2D eigenvalue weighted by molar-refractivity contribution is 0.104. The van der Waals surface area contributed by atoms with Crippen molar-refractivity contribution in [3.05, 3.63) is 23.7 Å². The van der Waals surface area contributed by atoms with Crippen molar-refractivity contribution in [3.8, 4) is 5.19 Å². The molecule has 1 heterocycles. The Hall–Kier alpha value is -1.16. The number of rotatable bonds is 3. The minimum absolute atomic E-state index is 0.176. The lowest BCUT2D eigenvalue weighted by atomic mass is 10.3. The Kier molecular flexibility index (Phi) is 2.38. The first kappa shape index (κ1) is 7.94. The molecule has 1 aromatic heterocycles. The summed E-state index contributed by atoms with van der Waals surface area (Å²) in [5, 5.41) is 2.14. The quantitative estimate of drug-likeness (QED) is 0.508. The molecule has 3 nitrogen and oxygen atoms in total. The molecule has 0 atom stereocenters. The lowest BCUT2D eigenvalue weighted by Crippen LogP contribution is -1.93. The van der Waals surface area contributed by atoms with Crippen LogP contribution in [0.3, 0.4) is 0 Å². The topological polar surface area (TPSA) is 39.2 Å². The van der Waals surface area contributed by atoms with E-state index < -0.39 is 0 Å².